The number of hydrogen-bond donors (Lipinski definition) is 0. The molecule has 1 amide bonds. The molecule has 0 bridgehead atoms. The standard InChI is InChI=1S/C21H20ClN3O2/c1-14-4-2-3-5-18(14)19-23-20(27-24-19)15-10-12-25(13-11-15)21(26)16-6-8-17(22)9-7-16/h2-9,15H,10-13H2,1H3. The summed E-state index contributed by atoms with van der Waals surface area (Å²) in [6, 6.07) is 15.0. The first kappa shape index (κ1) is 17.7. The minimum absolute atomic E-state index is 0.0382. The van der Waals surface area contributed by atoms with E-state index in [0.717, 1.165) is 24.0 Å². The van der Waals surface area contributed by atoms with E-state index >= 15 is 0 Å². The minimum Gasteiger partial charge on any atom is -0.339 e. The maximum Gasteiger partial charge on any atom is 0.253 e. The van der Waals surface area contributed by atoms with Crippen molar-refractivity contribution in [2.24, 2.45) is 0 Å². The molecule has 1 aliphatic heterocycles. The van der Waals surface area contributed by atoms with Crippen LogP contribution in [0.4, 0.5) is 0 Å². The summed E-state index contributed by atoms with van der Waals surface area (Å²) in [5.41, 5.74) is 2.77. The number of carbonyl (C=O) groups excluding carboxylic acids is 1. The summed E-state index contributed by atoms with van der Waals surface area (Å²) in [4.78, 5) is 19.1. The fourth-order valence-corrected chi connectivity index (χ4v) is 3.56. The van der Waals surface area contributed by atoms with Gasteiger partial charge in [0.1, 0.15) is 0 Å². The molecule has 0 atom stereocenters. The molecule has 1 aromatic heterocycles. The SMILES string of the molecule is Cc1ccccc1-c1noc(C2CCN(C(=O)c3ccc(Cl)cc3)CC2)n1. The Hall–Kier alpha value is -2.66. The fraction of sp³-hybridized carbons (Fsp3) is 0.286. The molecule has 0 spiro atoms. The lowest BCUT2D eigenvalue weighted by molar-refractivity contribution is 0.0704. The predicted octanol–water partition coefficient (Wildman–Crippen LogP) is 4.72. The van der Waals surface area contributed by atoms with Crippen molar-refractivity contribution in [3.05, 3.63) is 70.6 Å². The van der Waals surface area contributed by atoms with Crippen LogP contribution in [-0.4, -0.2) is 34.0 Å². The van der Waals surface area contributed by atoms with Gasteiger partial charge in [-0.25, -0.2) is 0 Å². The van der Waals surface area contributed by atoms with Crippen LogP contribution >= 0.6 is 11.6 Å². The molecule has 138 valence electrons. The lowest BCUT2D eigenvalue weighted by atomic mass is 9.96. The zero-order chi connectivity index (χ0) is 18.8. The van der Waals surface area contributed by atoms with E-state index in [0.29, 0.717) is 35.4 Å². The lowest BCUT2D eigenvalue weighted by Gasteiger charge is -2.30. The Morgan fingerprint density at radius 1 is 1.11 bits per heavy atom. The molecule has 0 aliphatic carbocycles. The third-order valence-corrected chi connectivity index (χ3v) is 5.30. The number of hydrogen-bond acceptors (Lipinski definition) is 4. The molecular formula is C21H20ClN3O2. The molecule has 0 unspecified atom stereocenters. The van der Waals surface area contributed by atoms with E-state index in [4.69, 9.17) is 16.1 Å². The van der Waals surface area contributed by atoms with Crippen LogP contribution in [0.2, 0.25) is 5.02 Å². The van der Waals surface area contributed by atoms with Crippen LogP contribution in [0.5, 0.6) is 0 Å². The molecule has 1 aliphatic rings. The molecule has 6 heteroatoms. The second-order valence-corrected chi connectivity index (χ2v) is 7.28. The molecule has 0 saturated carbocycles. The quantitative estimate of drug-likeness (QED) is 0.658. The number of amides is 1. The highest BCUT2D eigenvalue weighted by Gasteiger charge is 2.28. The summed E-state index contributed by atoms with van der Waals surface area (Å²) < 4.78 is 5.53. The Balaban J connectivity index is 1.42. The molecule has 2 aromatic carbocycles. The van der Waals surface area contributed by atoms with E-state index in [1.54, 1.807) is 24.3 Å². The van der Waals surface area contributed by atoms with Crippen LogP contribution in [0.3, 0.4) is 0 Å². The number of halogens is 1. The molecule has 3 aromatic rings. The maximum atomic E-state index is 12.6. The van der Waals surface area contributed by atoms with E-state index < -0.39 is 0 Å². The van der Waals surface area contributed by atoms with Crippen molar-refractivity contribution in [1.82, 2.24) is 15.0 Å². The molecule has 0 N–H and O–H groups in total. The van der Waals surface area contributed by atoms with Crippen molar-refractivity contribution in [3.63, 3.8) is 0 Å². The van der Waals surface area contributed by atoms with Crippen molar-refractivity contribution in [2.45, 2.75) is 25.7 Å². The van der Waals surface area contributed by atoms with Crippen molar-refractivity contribution < 1.29 is 9.32 Å². The van der Waals surface area contributed by atoms with Gasteiger partial charge in [0.15, 0.2) is 0 Å². The largest absolute Gasteiger partial charge is 0.339 e. The van der Waals surface area contributed by atoms with Gasteiger partial charge in [-0.3, -0.25) is 4.79 Å². The van der Waals surface area contributed by atoms with Crippen molar-refractivity contribution >= 4 is 17.5 Å². The predicted molar refractivity (Wildman–Crippen MR) is 104 cm³/mol. The van der Waals surface area contributed by atoms with E-state index in [1.165, 1.54) is 0 Å². The Morgan fingerprint density at radius 2 is 1.81 bits per heavy atom. The van der Waals surface area contributed by atoms with Gasteiger partial charge in [-0.05, 0) is 49.6 Å². The molecular weight excluding hydrogens is 362 g/mol. The summed E-state index contributed by atoms with van der Waals surface area (Å²) in [5, 5.41) is 4.78. The van der Waals surface area contributed by atoms with Gasteiger partial charge < -0.3 is 9.42 Å². The topological polar surface area (TPSA) is 59.2 Å². The van der Waals surface area contributed by atoms with E-state index in [1.807, 2.05) is 36.1 Å². The van der Waals surface area contributed by atoms with Crippen LogP contribution in [0.1, 0.15) is 40.6 Å². The van der Waals surface area contributed by atoms with E-state index in [2.05, 4.69) is 10.1 Å². The second kappa shape index (κ2) is 7.53. The highest BCUT2D eigenvalue weighted by molar-refractivity contribution is 6.30. The van der Waals surface area contributed by atoms with Gasteiger partial charge in [-0.15, -0.1) is 0 Å². The monoisotopic (exact) mass is 381 g/mol. The number of piperidine rings is 1. The van der Waals surface area contributed by atoms with Gasteiger partial charge >= 0.3 is 0 Å². The maximum absolute atomic E-state index is 12.6. The van der Waals surface area contributed by atoms with Crippen LogP contribution in [0, 0.1) is 6.92 Å². The number of likely N-dealkylation sites (tertiary alicyclic amines) is 1. The van der Waals surface area contributed by atoms with Crippen molar-refractivity contribution in [2.75, 3.05) is 13.1 Å². The summed E-state index contributed by atoms with van der Waals surface area (Å²) >= 11 is 5.90. The summed E-state index contributed by atoms with van der Waals surface area (Å²) in [6.07, 6.45) is 1.63. The average Bonchev–Trinajstić information content (AvgIpc) is 3.18. The number of nitrogens with zero attached hydrogens (tertiary/aromatic N) is 3. The number of carbonyl (C=O) groups is 1. The van der Waals surface area contributed by atoms with E-state index in [9.17, 15) is 4.79 Å². The Kier molecular flexibility index (Phi) is 4.94. The van der Waals surface area contributed by atoms with Gasteiger partial charge in [0, 0.05) is 35.2 Å². The van der Waals surface area contributed by atoms with Crippen molar-refractivity contribution in [1.29, 1.82) is 0 Å². The first-order chi connectivity index (χ1) is 13.1. The zero-order valence-electron chi connectivity index (χ0n) is 15.1. The summed E-state index contributed by atoms with van der Waals surface area (Å²) in [6.45, 7) is 3.38. The number of rotatable bonds is 3. The fourth-order valence-electron chi connectivity index (χ4n) is 3.44. The highest BCUT2D eigenvalue weighted by Crippen LogP contribution is 2.30. The first-order valence-corrected chi connectivity index (χ1v) is 9.44. The molecule has 4 rings (SSSR count). The average molecular weight is 382 g/mol. The summed E-state index contributed by atoms with van der Waals surface area (Å²) in [7, 11) is 0. The Morgan fingerprint density at radius 3 is 2.52 bits per heavy atom. The van der Waals surface area contributed by atoms with Gasteiger partial charge in [-0.1, -0.05) is 41.0 Å². The molecule has 0 radical (unpaired) electrons. The number of aryl methyl sites for hydroxylation is 1. The van der Waals surface area contributed by atoms with Crippen molar-refractivity contribution in [3.8, 4) is 11.4 Å². The molecule has 1 fully saturated rings. The Labute approximate surface area is 163 Å². The first-order valence-electron chi connectivity index (χ1n) is 9.06. The molecule has 27 heavy (non-hydrogen) atoms. The number of benzene rings is 2. The molecule has 5 nitrogen and oxygen atoms in total. The minimum atomic E-state index is 0.0382. The molecule has 2 heterocycles. The second-order valence-electron chi connectivity index (χ2n) is 6.84. The highest BCUT2D eigenvalue weighted by atomic mass is 35.5. The zero-order valence-corrected chi connectivity index (χ0v) is 15.8. The van der Waals surface area contributed by atoms with Crippen LogP contribution in [0.25, 0.3) is 11.4 Å². The van der Waals surface area contributed by atoms with Gasteiger partial charge in [0.2, 0.25) is 11.7 Å². The smallest absolute Gasteiger partial charge is 0.253 e. The third kappa shape index (κ3) is 3.74. The van der Waals surface area contributed by atoms with Crippen LogP contribution in [-0.2, 0) is 0 Å². The summed E-state index contributed by atoms with van der Waals surface area (Å²) in [5.74, 6) is 1.51. The van der Waals surface area contributed by atoms with Crippen LogP contribution < -0.4 is 0 Å². The molecule has 1 saturated heterocycles. The van der Waals surface area contributed by atoms with Gasteiger partial charge in [0.05, 0.1) is 0 Å². The normalized spacial score (nSPS) is 15.1. The third-order valence-electron chi connectivity index (χ3n) is 5.05. The van der Waals surface area contributed by atoms with Gasteiger partial charge in [0.25, 0.3) is 5.91 Å². The van der Waals surface area contributed by atoms with Gasteiger partial charge in [-0.2, -0.15) is 4.98 Å². The lowest BCUT2D eigenvalue weighted by Crippen LogP contribution is -2.37. The van der Waals surface area contributed by atoms with Crippen LogP contribution in [0.15, 0.2) is 53.1 Å². The van der Waals surface area contributed by atoms with E-state index in [-0.39, 0.29) is 11.8 Å². The number of aromatic nitrogens is 2. The Bertz CT molecular complexity index is 944.